The summed E-state index contributed by atoms with van der Waals surface area (Å²) in [7, 11) is -9.91. The average Bonchev–Trinajstić information content (AvgIpc) is 1.78. The molecule has 0 fully saturated rings. The summed E-state index contributed by atoms with van der Waals surface area (Å²) < 4.78 is 63.7. The van der Waals surface area contributed by atoms with Crippen LogP contribution in [-0.4, -0.2) is 37.8 Å². The highest BCUT2D eigenvalue weighted by Gasteiger charge is 2.20. The van der Waals surface area contributed by atoms with Crippen molar-refractivity contribution in [1.29, 1.82) is 0 Å². The van der Waals surface area contributed by atoms with Gasteiger partial charge in [0, 0.05) is 11.9 Å². The molecule has 12 heteroatoms. The Balaban J connectivity index is 4.46. The summed E-state index contributed by atoms with van der Waals surface area (Å²) in [6.07, 6.45) is 0. The molecular weight excluding hydrogens is 244 g/mol. The highest BCUT2D eigenvalue weighted by atomic mass is 32.3. The Bertz CT molecular complexity index is 323. The molecule has 0 aromatic carbocycles. The molecule has 0 aromatic rings. The molecule has 0 amide bonds. The average molecular weight is 252 g/mol. The standard InChI is InChI=1S/C2H8N2O8S2/c1-2-3-4(11-13(5,6)7)12-14(8,9)10/h3H,2H2,1H3,(H,5,6,7)(H,8,9,10). The van der Waals surface area contributed by atoms with Gasteiger partial charge in [-0.15, -0.1) is 8.57 Å². The van der Waals surface area contributed by atoms with Crippen molar-refractivity contribution < 1.29 is 34.5 Å². The topological polar surface area (TPSA) is 142 Å². The lowest BCUT2D eigenvalue weighted by atomic mass is 10.8. The van der Waals surface area contributed by atoms with Crippen molar-refractivity contribution in [1.82, 2.24) is 10.8 Å². The van der Waals surface area contributed by atoms with Crippen molar-refractivity contribution in [2.45, 2.75) is 6.92 Å². The van der Waals surface area contributed by atoms with Gasteiger partial charge in [0.25, 0.3) is 0 Å². The van der Waals surface area contributed by atoms with E-state index in [9.17, 15) is 16.8 Å². The molecule has 0 unspecified atom stereocenters. The van der Waals surface area contributed by atoms with E-state index in [0.29, 0.717) is 0 Å². The third kappa shape index (κ3) is 8.27. The van der Waals surface area contributed by atoms with Crippen LogP contribution in [0.5, 0.6) is 0 Å². The van der Waals surface area contributed by atoms with Crippen molar-refractivity contribution in [3.63, 3.8) is 0 Å². The smallest absolute Gasteiger partial charge is 0.262 e. The maximum absolute atomic E-state index is 10.1. The van der Waals surface area contributed by atoms with Gasteiger partial charge < -0.3 is 0 Å². The fourth-order valence-corrected chi connectivity index (χ4v) is 0.912. The highest BCUT2D eigenvalue weighted by Crippen LogP contribution is 1.97. The maximum atomic E-state index is 10.1. The largest absolute Gasteiger partial charge is 0.416 e. The van der Waals surface area contributed by atoms with Crippen LogP contribution in [0.2, 0.25) is 0 Å². The van der Waals surface area contributed by atoms with E-state index in [1.807, 2.05) is 5.43 Å². The molecule has 0 aliphatic carbocycles. The third-order valence-corrected chi connectivity index (χ3v) is 1.26. The molecule has 3 N–H and O–H groups in total. The summed E-state index contributed by atoms with van der Waals surface area (Å²) in [6, 6.07) is 0. The van der Waals surface area contributed by atoms with Gasteiger partial charge in [0.15, 0.2) is 0 Å². The molecule has 14 heavy (non-hydrogen) atoms. The minimum atomic E-state index is -4.96. The van der Waals surface area contributed by atoms with E-state index in [1.165, 1.54) is 6.92 Å². The van der Waals surface area contributed by atoms with E-state index in [1.54, 1.807) is 0 Å². The fraction of sp³-hybridized carbons (Fsp3) is 1.00. The summed E-state index contributed by atoms with van der Waals surface area (Å²) in [6.45, 7) is 1.44. The summed E-state index contributed by atoms with van der Waals surface area (Å²) in [5.41, 5.74) is 1.91. The van der Waals surface area contributed by atoms with Gasteiger partial charge in [0.1, 0.15) is 0 Å². The van der Waals surface area contributed by atoms with Crippen molar-refractivity contribution in [3.8, 4) is 0 Å². The molecule has 10 nitrogen and oxygen atoms in total. The number of nitrogens with zero attached hydrogens (tertiary/aromatic N) is 1. The predicted molar refractivity (Wildman–Crippen MR) is 40.8 cm³/mol. The van der Waals surface area contributed by atoms with Crippen LogP contribution in [0, 0.1) is 0 Å². The lowest BCUT2D eigenvalue weighted by molar-refractivity contribution is -0.293. The Labute approximate surface area is 80.2 Å². The van der Waals surface area contributed by atoms with Gasteiger partial charge in [-0.25, -0.2) is 5.43 Å². The first-order chi connectivity index (χ1) is 6.14. The second-order valence-electron chi connectivity index (χ2n) is 1.77. The molecule has 0 bridgehead atoms. The molecule has 0 saturated carbocycles. The number of hydrogen-bond donors (Lipinski definition) is 3. The third-order valence-electron chi connectivity index (χ3n) is 0.611. The van der Waals surface area contributed by atoms with E-state index in [0.717, 1.165) is 0 Å². The lowest BCUT2D eigenvalue weighted by Crippen LogP contribution is -2.40. The minimum absolute atomic E-state index is 0.00500. The number of hydrogen-bond acceptors (Lipinski definition) is 8. The minimum Gasteiger partial charge on any atom is -0.262 e. The Morgan fingerprint density at radius 3 is 1.71 bits per heavy atom. The van der Waals surface area contributed by atoms with Gasteiger partial charge in [-0.05, 0) is 0 Å². The first kappa shape index (κ1) is 13.7. The molecule has 0 aliphatic heterocycles. The van der Waals surface area contributed by atoms with E-state index >= 15 is 0 Å². The van der Waals surface area contributed by atoms with E-state index < -0.39 is 20.8 Å². The van der Waals surface area contributed by atoms with Gasteiger partial charge in [-0.1, -0.05) is 6.92 Å². The van der Waals surface area contributed by atoms with Crippen LogP contribution in [0.3, 0.4) is 0 Å². The molecule has 0 spiro atoms. The van der Waals surface area contributed by atoms with Gasteiger partial charge in [-0.3, -0.25) is 9.11 Å². The van der Waals surface area contributed by atoms with E-state index in [4.69, 9.17) is 9.11 Å². The van der Waals surface area contributed by atoms with E-state index in [-0.39, 0.29) is 11.9 Å². The Hall–Kier alpha value is -0.340. The fourth-order valence-electron chi connectivity index (χ4n) is 0.365. The molecule has 0 heterocycles. The van der Waals surface area contributed by atoms with Crippen molar-refractivity contribution in [2.24, 2.45) is 0 Å². The Kier molecular flexibility index (Phi) is 4.82. The zero-order valence-electron chi connectivity index (χ0n) is 6.81. The highest BCUT2D eigenvalue weighted by molar-refractivity contribution is 7.81. The molecule has 0 aliphatic rings. The van der Waals surface area contributed by atoms with Crippen LogP contribution in [0.4, 0.5) is 0 Å². The summed E-state index contributed by atoms with van der Waals surface area (Å²) in [5, 5.41) is -0.329. The van der Waals surface area contributed by atoms with Gasteiger partial charge in [0.2, 0.25) is 0 Å². The second kappa shape index (κ2) is 4.94. The molecule has 86 valence electrons. The zero-order chi connectivity index (χ0) is 11.4. The number of nitrogens with one attached hydrogen (secondary N) is 1. The SMILES string of the molecule is CCNN(OS(=O)(=O)O)OS(=O)(=O)O. The van der Waals surface area contributed by atoms with Crippen molar-refractivity contribution in [3.05, 3.63) is 0 Å². The van der Waals surface area contributed by atoms with Crippen molar-refractivity contribution >= 4 is 20.8 Å². The van der Waals surface area contributed by atoms with Crippen LogP contribution >= 0.6 is 0 Å². The molecular formula is C2H8N2O8S2. The molecule has 0 atom stereocenters. The second-order valence-corrected chi connectivity index (χ2v) is 3.78. The molecule has 0 rings (SSSR count). The summed E-state index contributed by atoms with van der Waals surface area (Å²) >= 11 is 0. The van der Waals surface area contributed by atoms with Crippen LogP contribution in [-0.2, 0) is 29.4 Å². The molecule has 0 saturated heterocycles. The van der Waals surface area contributed by atoms with E-state index in [2.05, 4.69) is 8.57 Å². The van der Waals surface area contributed by atoms with Crippen LogP contribution < -0.4 is 5.43 Å². The molecule has 0 aromatic heterocycles. The van der Waals surface area contributed by atoms with Gasteiger partial charge >= 0.3 is 20.8 Å². The Morgan fingerprint density at radius 2 is 1.50 bits per heavy atom. The zero-order valence-corrected chi connectivity index (χ0v) is 8.45. The maximum Gasteiger partial charge on any atom is 0.416 e. The summed E-state index contributed by atoms with van der Waals surface area (Å²) in [5.74, 6) is 0. The first-order valence-electron chi connectivity index (χ1n) is 3.01. The molecule has 0 radical (unpaired) electrons. The monoisotopic (exact) mass is 252 g/mol. The van der Waals surface area contributed by atoms with Gasteiger partial charge in [0.05, 0.1) is 0 Å². The van der Waals surface area contributed by atoms with Gasteiger partial charge in [-0.2, -0.15) is 16.8 Å². The van der Waals surface area contributed by atoms with Crippen molar-refractivity contribution in [2.75, 3.05) is 6.54 Å². The quantitative estimate of drug-likeness (QED) is 0.369. The first-order valence-corrected chi connectivity index (χ1v) is 5.74. The number of rotatable bonds is 6. The Morgan fingerprint density at radius 1 is 1.14 bits per heavy atom. The number of hydrazine groups is 1. The van der Waals surface area contributed by atoms with Crippen LogP contribution in [0.25, 0.3) is 0 Å². The lowest BCUT2D eigenvalue weighted by Gasteiger charge is -2.14. The van der Waals surface area contributed by atoms with Crippen LogP contribution in [0.1, 0.15) is 6.92 Å². The normalized spacial score (nSPS) is 13.4. The van der Waals surface area contributed by atoms with Crippen LogP contribution in [0.15, 0.2) is 0 Å². The summed E-state index contributed by atoms with van der Waals surface area (Å²) in [4.78, 5) is 0. The predicted octanol–water partition coefficient (Wildman–Crippen LogP) is -1.72.